The Morgan fingerprint density at radius 3 is 2.68 bits per heavy atom. The third kappa shape index (κ3) is 3.59. The van der Waals surface area contributed by atoms with Crippen LogP contribution in [0, 0.1) is 0 Å². The minimum absolute atomic E-state index is 0.0645. The highest BCUT2D eigenvalue weighted by molar-refractivity contribution is 6.04. The van der Waals surface area contributed by atoms with Crippen LogP contribution in [-0.4, -0.2) is 77.0 Å². The van der Waals surface area contributed by atoms with Crippen LogP contribution in [0.4, 0.5) is 5.82 Å². The van der Waals surface area contributed by atoms with Crippen LogP contribution in [0.2, 0.25) is 0 Å². The van der Waals surface area contributed by atoms with Gasteiger partial charge in [-0.3, -0.25) is 19.3 Å². The normalized spacial score (nSPS) is 24.7. The van der Waals surface area contributed by atoms with Crippen LogP contribution in [0.25, 0.3) is 11.2 Å². The number of fused-ring (bicyclic) bond motifs is 5. The van der Waals surface area contributed by atoms with E-state index in [9.17, 15) is 14.7 Å². The van der Waals surface area contributed by atoms with Crippen LogP contribution < -0.4 is 5.32 Å². The lowest BCUT2D eigenvalue weighted by Crippen LogP contribution is -2.47. The average Bonchev–Trinajstić information content (AvgIpc) is 3.63. The van der Waals surface area contributed by atoms with Gasteiger partial charge in [-0.05, 0) is 50.2 Å². The van der Waals surface area contributed by atoms with E-state index < -0.39 is 6.61 Å². The van der Waals surface area contributed by atoms with Gasteiger partial charge in [-0.15, -0.1) is 0 Å². The lowest BCUT2D eigenvalue weighted by molar-refractivity contribution is -0.138. The maximum Gasteiger partial charge on any atom is 0.248 e. The number of aliphatic hydroxyl groups is 1. The van der Waals surface area contributed by atoms with Crippen LogP contribution in [-0.2, 0) is 11.8 Å². The smallest absolute Gasteiger partial charge is 0.248 e. The molecule has 1 amide bonds. The van der Waals surface area contributed by atoms with Crippen LogP contribution in [0.5, 0.6) is 0 Å². The van der Waals surface area contributed by atoms with Crippen LogP contribution in [0.15, 0.2) is 29.7 Å². The summed E-state index contributed by atoms with van der Waals surface area (Å²) in [5.74, 6) is 0.660. The molecule has 4 aliphatic heterocycles. The predicted molar refractivity (Wildman–Crippen MR) is 140 cm³/mol. The summed E-state index contributed by atoms with van der Waals surface area (Å²) in [6.45, 7) is 0.104. The number of carbonyl (C=O) groups excluding carboxylic acids is 2. The summed E-state index contributed by atoms with van der Waals surface area (Å²) in [6, 6.07) is 2.12. The highest BCUT2D eigenvalue weighted by Crippen LogP contribution is 2.45. The Labute approximate surface area is 219 Å². The van der Waals surface area contributed by atoms with Crippen molar-refractivity contribution in [1.82, 2.24) is 29.3 Å². The van der Waals surface area contributed by atoms with Gasteiger partial charge >= 0.3 is 0 Å². The van der Waals surface area contributed by atoms with Crippen molar-refractivity contribution in [3.63, 3.8) is 0 Å². The number of nitrogens with zero attached hydrogens (tertiary/aromatic N) is 7. The van der Waals surface area contributed by atoms with Gasteiger partial charge in [0.05, 0.1) is 23.2 Å². The molecule has 0 aromatic carbocycles. The summed E-state index contributed by atoms with van der Waals surface area (Å²) < 4.78 is 3.55. The number of anilines is 1. The van der Waals surface area contributed by atoms with Gasteiger partial charge in [-0.2, -0.15) is 14.7 Å². The molecule has 2 fully saturated rings. The molecule has 0 spiro atoms. The van der Waals surface area contributed by atoms with Crippen molar-refractivity contribution >= 4 is 34.4 Å². The zero-order chi connectivity index (χ0) is 26.0. The molecule has 7 rings (SSSR count). The molecule has 0 saturated carbocycles. The first-order valence-corrected chi connectivity index (χ1v) is 13.4. The minimum Gasteiger partial charge on any atom is -0.387 e. The molecule has 0 aliphatic carbocycles. The molecule has 38 heavy (non-hydrogen) atoms. The lowest BCUT2D eigenvalue weighted by atomic mass is 9.84. The summed E-state index contributed by atoms with van der Waals surface area (Å²) in [5, 5.41) is 22.0. The van der Waals surface area contributed by atoms with Crippen molar-refractivity contribution in [2.75, 3.05) is 18.5 Å². The summed E-state index contributed by atoms with van der Waals surface area (Å²) >= 11 is 0. The van der Waals surface area contributed by atoms with Gasteiger partial charge in [-0.1, -0.05) is 0 Å². The summed E-state index contributed by atoms with van der Waals surface area (Å²) in [7, 11) is 1.90. The average molecular weight is 515 g/mol. The van der Waals surface area contributed by atoms with Gasteiger partial charge in [0.15, 0.2) is 11.4 Å². The van der Waals surface area contributed by atoms with Crippen molar-refractivity contribution in [2.24, 2.45) is 12.0 Å². The third-order valence-corrected chi connectivity index (χ3v) is 8.50. The third-order valence-electron chi connectivity index (χ3n) is 8.50. The Kier molecular flexibility index (Phi) is 5.43. The molecule has 11 heteroatoms. The highest BCUT2D eigenvalue weighted by Gasteiger charge is 2.45. The molecule has 2 saturated heterocycles. The number of hydrogen-bond acceptors (Lipinski definition) is 8. The molecule has 7 heterocycles. The van der Waals surface area contributed by atoms with Gasteiger partial charge < -0.3 is 15.3 Å². The molecule has 11 nitrogen and oxygen atoms in total. The molecule has 4 aliphatic rings. The molecule has 2 unspecified atom stereocenters. The van der Waals surface area contributed by atoms with Gasteiger partial charge in [0.1, 0.15) is 18.1 Å². The maximum atomic E-state index is 13.2. The number of aromatic nitrogens is 5. The van der Waals surface area contributed by atoms with E-state index in [1.165, 1.54) is 0 Å². The maximum absolute atomic E-state index is 13.2. The van der Waals surface area contributed by atoms with Crippen LogP contribution in [0.3, 0.4) is 0 Å². The van der Waals surface area contributed by atoms with Crippen LogP contribution in [0.1, 0.15) is 78.2 Å². The van der Waals surface area contributed by atoms with Crippen molar-refractivity contribution in [3.8, 4) is 0 Å². The first kappa shape index (κ1) is 23.3. The summed E-state index contributed by atoms with van der Waals surface area (Å²) in [4.78, 5) is 37.3. The zero-order valence-corrected chi connectivity index (χ0v) is 21.3. The van der Waals surface area contributed by atoms with E-state index >= 15 is 0 Å². The molecular formula is C27H30N8O3. The number of allylic oxidation sites excluding steroid dienone is 1. The molecule has 2 N–H and O–H groups in total. The Morgan fingerprint density at radius 2 is 2.00 bits per heavy atom. The van der Waals surface area contributed by atoms with E-state index in [0.29, 0.717) is 24.3 Å². The molecule has 196 valence electrons. The number of hydrogen-bond donors (Lipinski definition) is 2. The second-order valence-corrected chi connectivity index (χ2v) is 10.7. The van der Waals surface area contributed by atoms with E-state index in [-0.39, 0.29) is 29.7 Å². The molecule has 3 aromatic heterocycles. The predicted octanol–water partition coefficient (Wildman–Crippen LogP) is 2.31. The van der Waals surface area contributed by atoms with Crippen molar-refractivity contribution < 1.29 is 14.7 Å². The number of rotatable bonds is 4. The largest absolute Gasteiger partial charge is 0.387 e. The van der Waals surface area contributed by atoms with Crippen LogP contribution >= 0.6 is 0 Å². The van der Waals surface area contributed by atoms with E-state index in [2.05, 4.69) is 15.5 Å². The Morgan fingerprint density at radius 1 is 1.18 bits per heavy atom. The Hall–Kier alpha value is -3.86. The zero-order valence-electron chi connectivity index (χ0n) is 21.3. The van der Waals surface area contributed by atoms with E-state index in [1.807, 2.05) is 36.6 Å². The number of carbonyl (C=O) groups is 2. The topological polar surface area (TPSA) is 130 Å². The fraction of sp³-hybridized carbons (Fsp3) is 0.481. The number of piperidine rings is 1. The Balaban J connectivity index is 1.30. The number of aryl methyl sites for hydroxylation is 1. The van der Waals surface area contributed by atoms with Crippen molar-refractivity contribution in [3.05, 3.63) is 47.2 Å². The lowest BCUT2D eigenvalue weighted by Gasteiger charge is -2.39. The number of amides is 1. The molecule has 2 bridgehead atoms. The molecule has 2 atom stereocenters. The monoisotopic (exact) mass is 514 g/mol. The van der Waals surface area contributed by atoms with Crippen molar-refractivity contribution in [1.29, 1.82) is 0 Å². The van der Waals surface area contributed by atoms with E-state index in [0.717, 1.165) is 72.4 Å². The first-order chi connectivity index (χ1) is 18.5. The van der Waals surface area contributed by atoms with Gasteiger partial charge in [0.2, 0.25) is 5.91 Å². The van der Waals surface area contributed by atoms with Gasteiger partial charge in [0, 0.05) is 56.0 Å². The number of aliphatic imine (C=N–C) groups is 1. The highest BCUT2D eigenvalue weighted by atomic mass is 16.3. The quantitative estimate of drug-likeness (QED) is 0.546. The first-order valence-electron chi connectivity index (χ1n) is 13.4. The second kappa shape index (κ2) is 8.87. The number of Topliss-reactive ketones (excluding diaryl/α,β-unsaturated/α-hetero) is 1. The van der Waals surface area contributed by atoms with Gasteiger partial charge in [0.25, 0.3) is 0 Å². The molecule has 3 aromatic rings. The summed E-state index contributed by atoms with van der Waals surface area (Å²) in [6.07, 6.45) is 11.0. The molecule has 0 radical (unpaired) electrons. The van der Waals surface area contributed by atoms with Crippen molar-refractivity contribution in [2.45, 2.75) is 62.9 Å². The fourth-order valence-electron chi connectivity index (χ4n) is 6.78. The second-order valence-electron chi connectivity index (χ2n) is 10.7. The summed E-state index contributed by atoms with van der Waals surface area (Å²) in [5.41, 5.74) is 6.01. The number of aliphatic hydroxyl groups excluding tert-OH is 1. The SMILES string of the molecule is Cn1ccc(C2=NC=C(c3cnn4c5c(c(C6CC7CCC(C6)N7C(=O)CO)nc34)C(=O)CCN5)CC2)n1. The minimum atomic E-state index is -0.460. The van der Waals surface area contributed by atoms with E-state index in [4.69, 9.17) is 9.98 Å². The fourth-order valence-corrected chi connectivity index (χ4v) is 6.78. The Bertz CT molecular complexity index is 1520. The standard InChI is InChI=1S/C27H30N8O3/c1-33-9-7-21(32-33)20-5-2-15(12-29-20)19-13-30-35-26(19)31-25(24-22(37)6-8-28-27(24)35)16-10-17-3-4-18(11-16)34(17)23(38)14-36/h7,9,12-13,16-18,28,36H,2-6,8,10-11,14H2,1H3. The number of nitrogens with one attached hydrogen (secondary N) is 1. The molecular weight excluding hydrogens is 484 g/mol. The van der Waals surface area contributed by atoms with Gasteiger partial charge in [-0.25, -0.2) is 4.98 Å². The van der Waals surface area contributed by atoms with E-state index in [1.54, 1.807) is 9.20 Å². The number of ketones is 1.